The van der Waals surface area contributed by atoms with Crippen molar-refractivity contribution in [1.82, 2.24) is 0 Å². The number of anilines is 2. The third-order valence-electron chi connectivity index (χ3n) is 4.60. The molecule has 4 rings (SSSR count). The van der Waals surface area contributed by atoms with Gasteiger partial charge in [0.15, 0.2) is 0 Å². The molecule has 144 valence electrons. The van der Waals surface area contributed by atoms with Gasteiger partial charge in [-0.3, -0.25) is 9.59 Å². The average molecular weight is 407 g/mol. The lowest BCUT2D eigenvalue weighted by atomic mass is 10.0. The molecule has 4 nitrogen and oxygen atoms in total. The Hall–Kier alpha value is -3.44. The second-order valence-electron chi connectivity index (χ2n) is 6.67. The number of amides is 2. The molecule has 3 aromatic rings. The van der Waals surface area contributed by atoms with E-state index in [2.05, 4.69) is 5.32 Å². The van der Waals surface area contributed by atoms with Crippen LogP contribution in [0.5, 0.6) is 0 Å². The third kappa shape index (κ3) is 3.65. The maximum absolute atomic E-state index is 13.6. The summed E-state index contributed by atoms with van der Waals surface area (Å²) in [6.07, 6.45) is 0. The molecule has 1 N–H and O–H groups in total. The van der Waals surface area contributed by atoms with Crippen molar-refractivity contribution in [2.24, 2.45) is 0 Å². The molecule has 0 atom stereocenters. The summed E-state index contributed by atoms with van der Waals surface area (Å²) >= 11 is 5.93. The van der Waals surface area contributed by atoms with Gasteiger partial charge in [0.05, 0.1) is 11.3 Å². The summed E-state index contributed by atoms with van der Waals surface area (Å²) in [4.78, 5) is 27.5. The van der Waals surface area contributed by atoms with Crippen LogP contribution in [0.3, 0.4) is 0 Å². The SMILES string of the molecule is Cc1ccc(C2=C(Nc3cccc(F)c3)C(=O)N(c3ccc(Cl)cc3)C2=O)cc1. The van der Waals surface area contributed by atoms with Crippen LogP contribution in [0.1, 0.15) is 11.1 Å². The monoisotopic (exact) mass is 406 g/mol. The summed E-state index contributed by atoms with van der Waals surface area (Å²) in [5, 5.41) is 3.44. The number of nitrogens with zero attached hydrogens (tertiary/aromatic N) is 1. The van der Waals surface area contributed by atoms with Gasteiger partial charge in [0.1, 0.15) is 11.5 Å². The minimum absolute atomic E-state index is 0.0967. The molecule has 2 amide bonds. The van der Waals surface area contributed by atoms with Gasteiger partial charge in [-0.15, -0.1) is 0 Å². The van der Waals surface area contributed by atoms with Gasteiger partial charge in [-0.2, -0.15) is 0 Å². The molecule has 0 aliphatic carbocycles. The molecule has 0 saturated heterocycles. The molecular weight excluding hydrogens is 391 g/mol. The highest BCUT2D eigenvalue weighted by Crippen LogP contribution is 2.34. The van der Waals surface area contributed by atoms with E-state index in [1.165, 1.54) is 18.2 Å². The molecule has 29 heavy (non-hydrogen) atoms. The zero-order valence-electron chi connectivity index (χ0n) is 15.4. The molecule has 0 fully saturated rings. The number of rotatable bonds is 4. The van der Waals surface area contributed by atoms with E-state index < -0.39 is 17.6 Å². The van der Waals surface area contributed by atoms with Crippen molar-refractivity contribution >= 4 is 40.4 Å². The highest BCUT2D eigenvalue weighted by atomic mass is 35.5. The lowest BCUT2D eigenvalue weighted by Gasteiger charge is -2.15. The van der Waals surface area contributed by atoms with E-state index in [1.807, 2.05) is 19.1 Å². The smallest absolute Gasteiger partial charge is 0.282 e. The van der Waals surface area contributed by atoms with Gasteiger partial charge in [-0.25, -0.2) is 9.29 Å². The van der Waals surface area contributed by atoms with Crippen molar-refractivity contribution in [3.63, 3.8) is 0 Å². The van der Waals surface area contributed by atoms with Crippen molar-refractivity contribution in [2.45, 2.75) is 6.92 Å². The molecule has 0 unspecified atom stereocenters. The molecule has 0 spiro atoms. The van der Waals surface area contributed by atoms with E-state index >= 15 is 0 Å². The molecular formula is C23H16ClFN2O2. The Balaban J connectivity index is 1.82. The second-order valence-corrected chi connectivity index (χ2v) is 7.11. The quantitative estimate of drug-likeness (QED) is 0.607. The molecule has 3 aromatic carbocycles. The highest BCUT2D eigenvalue weighted by Gasteiger charge is 2.40. The predicted octanol–water partition coefficient (Wildman–Crippen LogP) is 5.18. The van der Waals surface area contributed by atoms with E-state index in [9.17, 15) is 14.0 Å². The molecule has 1 aliphatic heterocycles. The number of halogens is 2. The summed E-state index contributed by atoms with van der Waals surface area (Å²) in [5.41, 5.74) is 2.74. The Morgan fingerprint density at radius 3 is 2.24 bits per heavy atom. The zero-order valence-corrected chi connectivity index (χ0v) is 16.2. The van der Waals surface area contributed by atoms with Gasteiger partial charge >= 0.3 is 0 Å². The van der Waals surface area contributed by atoms with Crippen LogP contribution in [0, 0.1) is 12.7 Å². The summed E-state index contributed by atoms with van der Waals surface area (Å²) < 4.78 is 13.6. The molecule has 6 heteroatoms. The first-order valence-corrected chi connectivity index (χ1v) is 9.30. The van der Waals surface area contributed by atoms with Crippen molar-refractivity contribution in [1.29, 1.82) is 0 Å². The number of imide groups is 1. The molecule has 1 heterocycles. The van der Waals surface area contributed by atoms with E-state index in [4.69, 9.17) is 11.6 Å². The second kappa shape index (κ2) is 7.53. The standard InChI is InChI=1S/C23H16ClFN2O2/c1-14-5-7-15(8-6-14)20-21(26-18-4-2-3-17(25)13-18)23(29)27(22(20)28)19-11-9-16(24)10-12-19/h2-13,26H,1H3. The summed E-state index contributed by atoms with van der Waals surface area (Å²) in [6.45, 7) is 1.94. The first kappa shape index (κ1) is 18.9. The van der Waals surface area contributed by atoms with Crippen LogP contribution < -0.4 is 10.2 Å². The van der Waals surface area contributed by atoms with Gasteiger partial charge in [0, 0.05) is 10.7 Å². The number of hydrogen-bond acceptors (Lipinski definition) is 3. The van der Waals surface area contributed by atoms with E-state index in [-0.39, 0.29) is 11.3 Å². The fraction of sp³-hybridized carbons (Fsp3) is 0.0435. The van der Waals surface area contributed by atoms with E-state index in [1.54, 1.807) is 42.5 Å². The predicted molar refractivity (Wildman–Crippen MR) is 112 cm³/mol. The minimum Gasteiger partial charge on any atom is -0.350 e. The van der Waals surface area contributed by atoms with E-state index in [0.717, 1.165) is 10.5 Å². The van der Waals surface area contributed by atoms with Crippen LogP contribution in [0.15, 0.2) is 78.5 Å². The van der Waals surface area contributed by atoms with Crippen LogP contribution >= 0.6 is 11.6 Å². The topological polar surface area (TPSA) is 49.4 Å². The van der Waals surface area contributed by atoms with Gasteiger partial charge in [0.25, 0.3) is 11.8 Å². The number of nitrogens with one attached hydrogen (secondary N) is 1. The van der Waals surface area contributed by atoms with Gasteiger partial charge in [0.2, 0.25) is 0 Å². The molecule has 1 aliphatic rings. The van der Waals surface area contributed by atoms with Crippen LogP contribution in [-0.4, -0.2) is 11.8 Å². The summed E-state index contributed by atoms with van der Waals surface area (Å²) in [7, 11) is 0. The van der Waals surface area contributed by atoms with Crippen molar-refractivity contribution < 1.29 is 14.0 Å². The maximum Gasteiger partial charge on any atom is 0.282 e. The number of benzene rings is 3. The van der Waals surface area contributed by atoms with Crippen LogP contribution in [0.4, 0.5) is 15.8 Å². The highest BCUT2D eigenvalue weighted by molar-refractivity contribution is 6.46. The lowest BCUT2D eigenvalue weighted by molar-refractivity contribution is -0.120. The van der Waals surface area contributed by atoms with Gasteiger partial charge in [-0.1, -0.05) is 47.5 Å². The Bertz CT molecular complexity index is 1140. The number of carbonyl (C=O) groups is 2. The average Bonchev–Trinajstić information content (AvgIpc) is 2.93. The molecule has 0 aromatic heterocycles. The first-order valence-electron chi connectivity index (χ1n) is 8.92. The van der Waals surface area contributed by atoms with Crippen LogP contribution in [0.25, 0.3) is 5.57 Å². The molecule has 0 bridgehead atoms. The van der Waals surface area contributed by atoms with Crippen molar-refractivity contribution in [2.75, 3.05) is 10.2 Å². The first-order chi connectivity index (χ1) is 13.9. The Labute approximate surface area is 172 Å². The largest absolute Gasteiger partial charge is 0.350 e. The van der Waals surface area contributed by atoms with Crippen LogP contribution in [0.2, 0.25) is 5.02 Å². The summed E-state index contributed by atoms with van der Waals surface area (Å²) in [5.74, 6) is -1.42. The Kier molecular flexibility index (Phi) is 4.91. The van der Waals surface area contributed by atoms with Crippen LogP contribution in [-0.2, 0) is 9.59 Å². The van der Waals surface area contributed by atoms with Gasteiger partial charge in [-0.05, 0) is 55.0 Å². The molecule has 0 radical (unpaired) electrons. The van der Waals surface area contributed by atoms with Gasteiger partial charge < -0.3 is 5.32 Å². The summed E-state index contributed by atoms with van der Waals surface area (Å²) in [6, 6.07) is 19.5. The number of aryl methyl sites for hydroxylation is 1. The minimum atomic E-state index is -0.517. The normalized spacial score (nSPS) is 14.0. The fourth-order valence-electron chi connectivity index (χ4n) is 3.17. The Morgan fingerprint density at radius 2 is 1.59 bits per heavy atom. The van der Waals surface area contributed by atoms with Crippen molar-refractivity contribution in [3.8, 4) is 0 Å². The Morgan fingerprint density at radius 1 is 0.897 bits per heavy atom. The zero-order chi connectivity index (χ0) is 20.5. The number of carbonyl (C=O) groups excluding carboxylic acids is 2. The van der Waals surface area contributed by atoms with Crippen molar-refractivity contribution in [3.05, 3.63) is 100 Å². The maximum atomic E-state index is 13.6. The fourth-order valence-corrected chi connectivity index (χ4v) is 3.29. The molecule has 0 saturated carbocycles. The van der Waals surface area contributed by atoms with E-state index in [0.29, 0.717) is 22.0 Å². The number of hydrogen-bond donors (Lipinski definition) is 1. The third-order valence-corrected chi connectivity index (χ3v) is 4.85. The lowest BCUT2D eigenvalue weighted by Crippen LogP contribution is -2.32.